The molecule has 0 fully saturated rings. The third kappa shape index (κ3) is 7.75. The standard InChI is InChI=1S/C60H56S2/c1-7-29-45(9-3)53-54(47-31-17-11-18-32-47)57(46(10-4)30-8-2)61(5,58(53)50-37-23-14-24-38-50)43-44-62(6)59(51-39-25-15-26-40-51)55(48-33-19-12-20-34-48)56(49-35-21-13-22-36-49)60(62)52-41-27-16-28-42-52/h7-42H,1,3,43-44H2,2,4-6H3/b30-8-,45-29+,46-10+. The van der Waals surface area contributed by atoms with E-state index in [0.717, 1.165) is 17.1 Å². The largest absolute Gasteiger partial charge is 0.188 e. The van der Waals surface area contributed by atoms with E-state index in [1.807, 2.05) is 12.2 Å². The smallest absolute Gasteiger partial charge is 0.00973 e. The molecule has 0 saturated carbocycles. The Morgan fingerprint density at radius 1 is 0.435 bits per heavy atom. The Bertz CT molecular complexity index is 2700. The zero-order chi connectivity index (χ0) is 43.1. The van der Waals surface area contributed by atoms with Crippen LogP contribution in [0.5, 0.6) is 0 Å². The number of hydrogen-bond acceptors (Lipinski definition) is 0. The van der Waals surface area contributed by atoms with Gasteiger partial charge in [-0.25, -0.2) is 0 Å². The molecule has 2 aliphatic rings. The molecule has 2 aliphatic heterocycles. The first-order valence-corrected chi connectivity index (χ1v) is 25.9. The fourth-order valence-electron chi connectivity index (χ4n) is 9.47. The quantitative estimate of drug-likeness (QED) is 0.0959. The maximum atomic E-state index is 4.44. The highest BCUT2D eigenvalue weighted by Gasteiger charge is 2.46. The van der Waals surface area contributed by atoms with Gasteiger partial charge in [0.05, 0.1) is 0 Å². The summed E-state index contributed by atoms with van der Waals surface area (Å²) in [5.74, 6) is 1.96. The number of hydrogen-bond donors (Lipinski definition) is 0. The van der Waals surface area contributed by atoms with Crippen molar-refractivity contribution in [3.8, 4) is 0 Å². The molecule has 0 saturated heterocycles. The highest BCUT2D eigenvalue weighted by atomic mass is 32.3. The molecule has 0 nitrogen and oxygen atoms in total. The van der Waals surface area contributed by atoms with Crippen LogP contribution in [0.2, 0.25) is 0 Å². The summed E-state index contributed by atoms with van der Waals surface area (Å²) in [5.41, 5.74) is 15.2. The zero-order valence-corrected chi connectivity index (χ0v) is 38.1. The minimum absolute atomic E-state index is 0.975. The normalized spacial score (nSPS) is 19.5. The van der Waals surface area contributed by atoms with E-state index < -0.39 is 20.1 Å². The van der Waals surface area contributed by atoms with Crippen LogP contribution in [-0.4, -0.2) is 24.0 Å². The summed E-state index contributed by atoms with van der Waals surface area (Å²) in [6.07, 6.45) is 18.2. The lowest BCUT2D eigenvalue weighted by Crippen LogP contribution is -2.16. The van der Waals surface area contributed by atoms with Crippen molar-refractivity contribution in [1.29, 1.82) is 0 Å². The van der Waals surface area contributed by atoms with Crippen LogP contribution in [0.1, 0.15) is 47.2 Å². The Balaban J connectivity index is 1.49. The molecular weight excluding hydrogens is 785 g/mol. The average Bonchev–Trinajstić information content (AvgIpc) is 3.76. The second-order valence-corrected chi connectivity index (χ2v) is 22.7. The third-order valence-electron chi connectivity index (χ3n) is 12.1. The highest BCUT2D eigenvalue weighted by Crippen LogP contribution is 2.80. The summed E-state index contributed by atoms with van der Waals surface area (Å²) in [4.78, 5) is 5.76. The van der Waals surface area contributed by atoms with Gasteiger partial charge in [0.1, 0.15) is 0 Å². The lowest BCUT2D eigenvalue weighted by Gasteiger charge is -2.45. The summed E-state index contributed by atoms with van der Waals surface area (Å²) in [6, 6.07) is 67.0. The number of rotatable bonds is 14. The molecular formula is C60H56S2. The van der Waals surface area contributed by atoms with Crippen LogP contribution in [-0.2, 0) is 0 Å². The molecule has 1 atom stereocenters. The maximum Gasteiger partial charge on any atom is 0.00973 e. The molecule has 62 heavy (non-hydrogen) atoms. The van der Waals surface area contributed by atoms with Gasteiger partial charge in [0.2, 0.25) is 0 Å². The van der Waals surface area contributed by atoms with Crippen LogP contribution in [0, 0.1) is 0 Å². The van der Waals surface area contributed by atoms with Gasteiger partial charge in [-0.1, -0.05) is 232 Å². The highest BCUT2D eigenvalue weighted by molar-refractivity contribution is 8.49. The fourth-order valence-corrected chi connectivity index (χ4v) is 18.7. The molecule has 0 aliphatic carbocycles. The number of allylic oxidation sites excluding steroid dienone is 12. The second-order valence-electron chi connectivity index (χ2n) is 15.9. The van der Waals surface area contributed by atoms with Crippen LogP contribution in [0.25, 0.3) is 31.4 Å². The van der Waals surface area contributed by atoms with Crippen LogP contribution < -0.4 is 0 Å². The van der Waals surface area contributed by atoms with Gasteiger partial charge < -0.3 is 0 Å². The molecule has 0 aromatic heterocycles. The topological polar surface area (TPSA) is 0 Å². The molecule has 6 aromatic carbocycles. The zero-order valence-electron chi connectivity index (χ0n) is 36.4. The predicted octanol–water partition coefficient (Wildman–Crippen LogP) is 16.7. The van der Waals surface area contributed by atoms with Crippen LogP contribution >= 0.6 is 20.1 Å². The summed E-state index contributed by atoms with van der Waals surface area (Å²) >= 11 is 0. The molecule has 1 unspecified atom stereocenters. The molecule has 8 rings (SSSR count). The van der Waals surface area contributed by atoms with Gasteiger partial charge in [-0.05, 0) is 82.4 Å². The van der Waals surface area contributed by atoms with Crippen molar-refractivity contribution in [3.63, 3.8) is 0 Å². The first kappa shape index (κ1) is 42.4. The molecule has 0 amide bonds. The monoisotopic (exact) mass is 840 g/mol. The lowest BCUT2D eigenvalue weighted by molar-refractivity contribution is 1.47. The van der Waals surface area contributed by atoms with E-state index in [1.54, 1.807) is 0 Å². The molecule has 0 radical (unpaired) electrons. The van der Waals surface area contributed by atoms with Gasteiger partial charge in [0, 0.05) is 41.9 Å². The van der Waals surface area contributed by atoms with E-state index in [9.17, 15) is 0 Å². The minimum atomic E-state index is -1.80. The molecule has 0 bridgehead atoms. The first-order chi connectivity index (χ1) is 30.4. The van der Waals surface area contributed by atoms with Crippen molar-refractivity contribution in [1.82, 2.24) is 0 Å². The summed E-state index contributed by atoms with van der Waals surface area (Å²) in [5, 5.41) is 0. The SMILES string of the molecule is C=C/C=C(\C=C)C1=C(c2ccccc2)S(C)(CCS2(C)C(c3ccccc3)=C(c3ccccc3)C(c3ccccc3)=C2c2ccccc2)C(C(/C=C\C)=C/C)=C1c1ccccc1. The Hall–Kier alpha value is -6.32. The van der Waals surface area contributed by atoms with Gasteiger partial charge in [0.25, 0.3) is 0 Å². The van der Waals surface area contributed by atoms with E-state index >= 15 is 0 Å². The average molecular weight is 841 g/mol. The lowest BCUT2D eigenvalue weighted by atomic mass is 9.88. The van der Waals surface area contributed by atoms with Crippen molar-refractivity contribution in [2.45, 2.75) is 13.8 Å². The van der Waals surface area contributed by atoms with Crippen LogP contribution in [0.3, 0.4) is 0 Å². The summed E-state index contributed by atoms with van der Waals surface area (Å²) in [6.45, 7) is 13.0. The van der Waals surface area contributed by atoms with Crippen LogP contribution in [0.15, 0.2) is 253 Å². The van der Waals surface area contributed by atoms with Gasteiger partial charge in [-0.3, -0.25) is 0 Å². The summed E-state index contributed by atoms with van der Waals surface area (Å²) in [7, 11) is -3.57. The van der Waals surface area contributed by atoms with Crippen LogP contribution in [0.4, 0.5) is 0 Å². The maximum absolute atomic E-state index is 4.44. The Morgan fingerprint density at radius 2 is 0.790 bits per heavy atom. The molecule has 308 valence electrons. The van der Waals surface area contributed by atoms with Gasteiger partial charge in [0.15, 0.2) is 0 Å². The van der Waals surface area contributed by atoms with Crippen molar-refractivity contribution in [3.05, 3.63) is 287 Å². The van der Waals surface area contributed by atoms with Gasteiger partial charge >= 0.3 is 0 Å². The molecule has 2 heteroatoms. The fraction of sp³-hybridized carbons (Fsp3) is 0.100. The van der Waals surface area contributed by atoms with E-state index in [-0.39, 0.29) is 0 Å². The Labute approximate surface area is 373 Å². The minimum Gasteiger partial charge on any atom is -0.188 e. The van der Waals surface area contributed by atoms with E-state index in [1.165, 1.54) is 80.9 Å². The van der Waals surface area contributed by atoms with E-state index in [2.05, 4.69) is 246 Å². The van der Waals surface area contributed by atoms with E-state index in [4.69, 9.17) is 0 Å². The molecule has 6 aromatic rings. The molecule has 0 spiro atoms. The number of benzene rings is 6. The third-order valence-corrected chi connectivity index (χ3v) is 19.8. The Kier molecular flexibility index (Phi) is 12.8. The first-order valence-electron chi connectivity index (χ1n) is 21.5. The molecule has 0 N–H and O–H groups in total. The van der Waals surface area contributed by atoms with Crippen molar-refractivity contribution in [2.24, 2.45) is 0 Å². The van der Waals surface area contributed by atoms with E-state index in [0.29, 0.717) is 0 Å². The van der Waals surface area contributed by atoms with Crippen molar-refractivity contribution >= 4 is 51.5 Å². The second kappa shape index (κ2) is 18.7. The van der Waals surface area contributed by atoms with Gasteiger partial charge in [-0.2, -0.15) is 20.1 Å². The molecule has 2 heterocycles. The van der Waals surface area contributed by atoms with Crippen molar-refractivity contribution < 1.29 is 0 Å². The van der Waals surface area contributed by atoms with Gasteiger partial charge in [-0.15, -0.1) is 0 Å². The summed E-state index contributed by atoms with van der Waals surface area (Å²) < 4.78 is 0. The Morgan fingerprint density at radius 3 is 1.15 bits per heavy atom. The predicted molar refractivity (Wildman–Crippen MR) is 280 cm³/mol. The van der Waals surface area contributed by atoms with Crippen molar-refractivity contribution in [2.75, 3.05) is 24.0 Å².